The molecule has 0 aromatic heterocycles. The summed E-state index contributed by atoms with van der Waals surface area (Å²) < 4.78 is 0. The average Bonchev–Trinajstić information content (AvgIpc) is 2.00. The van der Waals surface area contributed by atoms with E-state index >= 15 is 0 Å². The molecule has 0 aliphatic heterocycles. The van der Waals surface area contributed by atoms with Crippen molar-refractivity contribution in [2.45, 2.75) is 26.7 Å². The second kappa shape index (κ2) is 5.76. The van der Waals surface area contributed by atoms with Crippen molar-refractivity contribution in [1.82, 2.24) is 0 Å². The van der Waals surface area contributed by atoms with Gasteiger partial charge >= 0.3 is 0 Å². The Morgan fingerprint density at radius 2 is 2.09 bits per heavy atom. The molecule has 0 heterocycles. The standard InChI is InChI=1S/C11H16/c1-5-8-10(4)11(7-3)9-6-2/h8-9H,1,4,6-7H2,2-3H3. The smallest absolute Gasteiger partial charge is 0.0137 e. The van der Waals surface area contributed by atoms with E-state index in [0.29, 0.717) is 0 Å². The summed E-state index contributed by atoms with van der Waals surface area (Å²) in [5.74, 6) is 0. The molecule has 0 aromatic carbocycles. The maximum Gasteiger partial charge on any atom is -0.0137 e. The van der Waals surface area contributed by atoms with Crippen molar-refractivity contribution < 1.29 is 0 Å². The molecule has 0 heteroatoms. The zero-order valence-corrected chi connectivity index (χ0v) is 7.48. The highest BCUT2D eigenvalue weighted by atomic mass is 14.0. The third-order valence-electron chi connectivity index (χ3n) is 1.52. The van der Waals surface area contributed by atoms with Crippen LogP contribution in [0.3, 0.4) is 0 Å². The van der Waals surface area contributed by atoms with Crippen LogP contribution in [0.15, 0.2) is 42.2 Å². The molecule has 0 radical (unpaired) electrons. The Hall–Kier alpha value is -1.00. The van der Waals surface area contributed by atoms with Crippen molar-refractivity contribution in [3.8, 4) is 0 Å². The number of hydrogen-bond acceptors (Lipinski definition) is 0. The van der Waals surface area contributed by atoms with Crippen molar-refractivity contribution in [2.75, 3.05) is 0 Å². The molecule has 0 aromatic rings. The van der Waals surface area contributed by atoms with Gasteiger partial charge in [-0.2, -0.15) is 0 Å². The Balaban J connectivity index is 4.38. The Kier molecular flexibility index (Phi) is 5.24. The zero-order valence-electron chi connectivity index (χ0n) is 7.48. The lowest BCUT2D eigenvalue weighted by atomic mass is 10.0. The highest BCUT2D eigenvalue weighted by molar-refractivity contribution is 5.36. The second-order valence-corrected chi connectivity index (χ2v) is 2.36. The van der Waals surface area contributed by atoms with E-state index in [1.165, 1.54) is 5.57 Å². The number of rotatable bonds is 4. The molecule has 0 nitrogen and oxygen atoms in total. The number of hydrogen-bond donors (Lipinski definition) is 0. The Morgan fingerprint density at radius 3 is 2.45 bits per heavy atom. The van der Waals surface area contributed by atoms with E-state index in [1.54, 1.807) is 0 Å². The van der Waals surface area contributed by atoms with E-state index in [0.717, 1.165) is 18.4 Å². The van der Waals surface area contributed by atoms with Crippen molar-refractivity contribution in [2.24, 2.45) is 0 Å². The fraction of sp³-hybridized carbons (Fsp3) is 0.364. The molecule has 0 atom stereocenters. The van der Waals surface area contributed by atoms with Gasteiger partial charge in [-0.3, -0.25) is 0 Å². The molecule has 0 bridgehead atoms. The minimum atomic E-state index is 1.03. The van der Waals surface area contributed by atoms with Gasteiger partial charge in [0.1, 0.15) is 0 Å². The maximum absolute atomic E-state index is 3.91. The Bertz CT molecular complexity index is 200. The molecule has 0 N–H and O–H groups in total. The Labute approximate surface area is 69.6 Å². The summed E-state index contributed by atoms with van der Waals surface area (Å²) in [5, 5.41) is 0. The minimum absolute atomic E-state index is 1.03. The zero-order chi connectivity index (χ0) is 8.69. The van der Waals surface area contributed by atoms with Crippen LogP contribution >= 0.6 is 0 Å². The topological polar surface area (TPSA) is 0 Å². The van der Waals surface area contributed by atoms with E-state index in [9.17, 15) is 0 Å². The average molecular weight is 148 g/mol. The fourth-order valence-corrected chi connectivity index (χ4v) is 0.965. The predicted molar refractivity (Wildman–Crippen MR) is 51.5 cm³/mol. The van der Waals surface area contributed by atoms with E-state index in [1.807, 2.05) is 6.08 Å². The lowest BCUT2D eigenvalue weighted by molar-refractivity contribution is 1.08. The van der Waals surface area contributed by atoms with Crippen LogP contribution in [0.25, 0.3) is 0 Å². The third-order valence-corrected chi connectivity index (χ3v) is 1.52. The van der Waals surface area contributed by atoms with Gasteiger partial charge in [0.15, 0.2) is 0 Å². The normalized spacial score (nSPS) is 10.5. The fourth-order valence-electron chi connectivity index (χ4n) is 0.965. The SMILES string of the molecule is C=C=CC(=C)C(=CCC)CC. The molecule has 0 fully saturated rings. The molecule has 60 valence electrons. The van der Waals surface area contributed by atoms with E-state index in [-0.39, 0.29) is 0 Å². The van der Waals surface area contributed by atoms with Gasteiger partial charge in [-0.15, -0.1) is 5.73 Å². The summed E-state index contributed by atoms with van der Waals surface area (Å²) in [5.41, 5.74) is 5.05. The largest absolute Gasteiger partial charge is 0.128 e. The predicted octanol–water partition coefficient (Wildman–Crippen LogP) is 3.63. The van der Waals surface area contributed by atoms with Crippen LogP contribution in [0.2, 0.25) is 0 Å². The Morgan fingerprint density at radius 1 is 1.45 bits per heavy atom. The summed E-state index contributed by atoms with van der Waals surface area (Å²) >= 11 is 0. The van der Waals surface area contributed by atoms with Crippen LogP contribution in [0.5, 0.6) is 0 Å². The monoisotopic (exact) mass is 148 g/mol. The van der Waals surface area contributed by atoms with Crippen molar-refractivity contribution >= 4 is 0 Å². The van der Waals surface area contributed by atoms with E-state index < -0.39 is 0 Å². The van der Waals surface area contributed by atoms with Crippen LogP contribution < -0.4 is 0 Å². The van der Waals surface area contributed by atoms with Crippen LogP contribution in [0.1, 0.15) is 26.7 Å². The van der Waals surface area contributed by atoms with E-state index in [2.05, 4.69) is 38.8 Å². The molecule has 0 rings (SSSR count). The first-order valence-corrected chi connectivity index (χ1v) is 4.00. The highest BCUT2D eigenvalue weighted by Crippen LogP contribution is 2.13. The first-order chi connectivity index (χ1) is 5.26. The second-order valence-electron chi connectivity index (χ2n) is 2.36. The van der Waals surface area contributed by atoms with Crippen molar-refractivity contribution in [1.29, 1.82) is 0 Å². The van der Waals surface area contributed by atoms with Gasteiger partial charge in [-0.05, 0) is 30.1 Å². The van der Waals surface area contributed by atoms with Crippen LogP contribution in [-0.2, 0) is 0 Å². The quantitative estimate of drug-likeness (QED) is 0.422. The van der Waals surface area contributed by atoms with Gasteiger partial charge in [0.05, 0.1) is 0 Å². The van der Waals surface area contributed by atoms with Gasteiger partial charge in [-0.1, -0.05) is 33.1 Å². The molecule has 0 saturated carbocycles. The maximum atomic E-state index is 3.91. The molecule has 0 amide bonds. The van der Waals surface area contributed by atoms with Crippen molar-refractivity contribution in [3.63, 3.8) is 0 Å². The third kappa shape index (κ3) is 3.64. The van der Waals surface area contributed by atoms with Gasteiger partial charge in [0.25, 0.3) is 0 Å². The molecule has 0 unspecified atom stereocenters. The minimum Gasteiger partial charge on any atom is -0.128 e. The van der Waals surface area contributed by atoms with Gasteiger partial charge in [-0.25, -0.2) is 0 Å². The van der Waals surface area contributed by atoms with Gasteiger partial charge in [0.2, 0.25) is 0 Å². The van der Waals surface area contributed by atoms with Gasteiger partial charge < -0.3 is 0 Å². The van der Waals surface area contributed by atoms with Crippen molar-refractivity contribution in [3.05, 3.63) is 42.2 Å². The summed E-state index contributed by atoms with van der Waals surface area (Å²) in [6.07, 6.45) is 6.11. The molecule has 0 aliphatic rings. The molecule has 11 heavy (non-hydrogen) atoms. The summed E-state index contributed by atoms with van der Waals surface area (Å²) in [4.78, 5) is 0. The molecular formula is C11H16. The molecular weight excluding hydrogens is 132 g/mol. The highest BCUT2D eigenvalue weighted by Gasteiger charge is 1.93. The first kappa shape index (κ1) is 10.0. The van der Waals surface area contributed by atoms with Crippen LogP contribution in [0, 0.1) is 0 Å². The number of allylic oxidation sites excluding steroid dienone is 4. The first-order valence-electron chi connectivity index (χ1n) is 4.00. The lowest BCUT2D eigenvalue weighted by Gasteiger charge is -2.01. The lowest BCUT2D eigenvalue weighted by Crippen LogP contribution is -1.81. The van der Waals surface area contributed by atoms with Gasteiger partial charge in [0, 0.05) is 0 Å². The summed E-state index contributed by atoms with van der Waals surface area (Å²) in [7, 11) is 0. The van der Waals surface area contributed by atoms with Crippen LogP contribution in [-0.4, -0.2) is 0 Å². The van der Waals surface area contributed by atoms with E-state index in [4.69, 9.17) is 0 Å². The molecule has 0 aliphatic carbocycles. The summed E-state index contributed by atoms with van der Waals surface area (Å²) in [6, 6.07) is 0. The summed E-state index contributed by atoms with van der Waals surface area (Å²) in [6.45, 7) is 11.7. The molecule has 0 saturated heterocycles. The van der Waals surface area contributed by atoms with Crippen LogP contribution in [0.4, 0.5) is 0 Å². The molecule has 0 spiro atoms.